The van der Waals surface area contributed by atoms with Gasteiger partial charge < -0.3 is 23.0 Å². The molecule has 0 spiro atoms. The van der Waals surface area contributed by atoms with Crippen molar-refractivity contribution < 1.29 is 26.7 Å². The molecule has 0 aliphatic carbocycles. The number of carbonyl (C=O) groups is 1. The Morgan fingerprint density at radius 2 is 1.76 bits per heavy atom. The van der Waals surface area contributed by atoms with Crippen molar-refractivity contribution in [2.45, 2.75) is 6.54 Å². The van der Waals surface area contributed by atoms with E-state index in [1.165, 1.54) is 10.5 Å². The highest BCUT2D eigenvalue weighted by atomic mass is 35.5. The van der Waals surface area contributed by atoms with Crippen LogP contribution in [-0.4, -0.2) is 43.5 Å². The highest BCUT2D eigenvalue weighted by Crippen LogP contribution is 2.21. The molecule has 2 aromatic carbocycles. The molecule has 1 unspecified atom stereocenters. The van der Waals surface area contributed by atoms with Gasteiger partial charge in [-0.05, 0) is 17.7 Å². The Bertz CT molecular complexity index is 733. The Kier molecular flexibility index (Phi) is 6.98. The lowest BCUT2D eigenvalue weighted by Crippen LogP contribution is -3.11. The number of hydrogen-bond acceptors (Lipinski definition) is 2. The maximum atomic E-state index is 12.3. The number of rotatable bonds is 6. The first-order valence-corrected chi connectivity index (χ1v) is 8.27. The van der Waals surface area contributed by atoms with Gasteiger partial charge in [-0.1, -0.05) is 42.5 Å². The average molecular weight is 360 g/mol. The maximum Gasteiger partial charge on any atom is 0.325 e. The van der Waals surface area contributed by atoms with Gasteiger partial charge >= 0.3 is 6.34 Å². The van der Waals surface area contributed by atoms with E-state index in [4.69, 9.17) is 0 Å². The molecule has 0 saturated carbocycles. The lowest BCUT2D eigenvalue weighted by molar-refractivity contribution is -0.783. The standard InChI is InChI=1S/C19H22N4O.ClH/c1-22-11-12-23(15-22)14-19(24)21-18-10-6-5-9-17(18)20-13-16-7-3-2-4-8-16;/h2-10,15,20H,11-14H2,1H3;1H/p+1. The monoisotopic (exact) mass is 359 g/mol. The minimum Gasteiger partial charge on any atom is -1.00 e. The van der Waals surface area contributed by atoms with Crippen molar-refractivity contribution in [3.05, 3.63) is 60.2 Å². The van der Waals surface area contributed by atoms with Crippen molar-refractivity contribution in [1.29, 1.82) is 0 Å². The largest absolute Gasteiger partial charge is 1.00 e. The predicted molar refractivity (Wildman–Crippen MR) is 96.7 cm³/mol. The zero-order valence-electron chi connectivity index (χ0n) is 14.3. The number of nitrogens with one attached hydrogen (secondary N) is 3. The van der Waals surface area contributed by atoms with E-state index in [0.717, 1.165) is 31.0 Å². The SMILES string of the molecule is C[N+]1=C[NH+](CC(=O)Nc2ccccc2NCc2ccccc2)CC1.[Cl-]. The normalized spacial score (nSPS) is 15.9. The molecule has 1 atom stereocenters. The van der Waals surface area contributed by atoms with Gasteiger partial charge in [-0.15, -0.1) is 0 Å². The Morgan fingerprint density at radius 3 is 2.44 bits per heavy atom. The van der Waals surface area contributed by atoms with E-state index in [0.29, 0.717) is 6.54 Å². The maximum absolute atomic E-state index is 12.3. The molecule has 6 heteroatoms. The minimum absolute atomic E-state index is 0. The third kappa shape index (κ3) is 5.59. The molecule has 3 rings (SSSR count). The van der Waals surface area contributed by atoms with Gasteiger partial charge in [0.05, 0.1) is 11.4 Å². The predicted octanol–water partition coefficient (Wildman–Crippen LogP) is -2.19. The van der Waals surface area contributed by atoms with Gasteiger partial charge in [-0.3, -0.25) is 4.79 Å². The molecule has 1 amide bonds. The van der Waals surface area contributed by atoms with E-state index >= 15 is 0 Å². The molecule has 132 valence electrons. The fraction of sp³-hybridized carbons (Fsp3) is 0.263. The Hall–Kier alpha value is -2.37. The Balaban J connectivity index is 0.00000225. The van der Waals surface area contributed by atoms with Crippen LogP contribution in [0, 0.1) is 0 Å². The summed E-state index contributed by atoms with van der Waals surface area (Å²) in [6, 6.07) is 18.0. The summed E-state index contributed by atoms with van der Waals surface area (Å²) in [5.74, 6) is 0.0329. The van der Waals surface area contributed by atoms with Gasteiger partial charge in [0.1, 0.15) is 13.6 Å². The number of quaternary nitrogens is 1. The number of likely N-dealkylation sites (N-methyl/N-ethyl adjacent to an activating group) is 1. The molecule has 2 aromatic rings. The van der Waals surface area contributed by atoms with Crippen LogP contribution in [0.4, 0.5) is 11.4 Å². The summed E-state index contributed by atoms with van der Waals surface area (Å²) in [4.78, 5) is 13.5. The van der Waals surface area contributed by atoms with Gasteiger partial charge in [0.25, 0.3) is 5.91 Å². The molecule has 3 N–H and O–H groups in total. The lowest BCUT2D eigenvalue weighted by Gasteiger charge is -2.13. The highest BCUT2D eigenvalue weighted by molar-refractivity contribution is 5.95. The molecule has 1 aliphatic heterocycles. The van der Waals surface area contributed by atoms with Crippen LogP contribution in [0.25, 0.3) is 0 Å². The van der Waals surface area contributed by atoms with Crippen molar-refractivity contribution in [2.75, 3.05) is 37.3 Å². The summed E-state index contributed by atoms with van der Waals surface area (Å²) in [6.45, 7) is 3.15. The zero-order chi connectivity index (χ0) is 16.8. The van der Waals surface area contributed by atoms with E-state index in [1.54, 1.807) is 0 Å². The number of para-hydroxylation sites is 2. The van der Waals surface area contributed by atoms with Gasteiger partial charge in [0, 0.05) is 6.54 Å². The highest BCUT2D eigenvalue weighted by Gasteiger charge is 2.23. The second-order valence-electron chi connectivity index (χ2n) is 6.13. The number of amides is 1. The molecule has 0 radical (unpaired) electrons. The van der Waals surface area contributed by atoms with Gasteiger partial charge in [0.15, 0.2) is 13.1 Å². The third-order valence-corrected chi connectivity index (χ3v) is 4.10. The van der Waals surface area contributed by atoms with Crippen LogP contribution in [-0.2, 0) is 11.3 Å². The molecule has 1 heterocycles. The summed E-state index contributed by atoms with van der Waals surface area (Å²) in [5.41, 5.74) is 2.97. The van der Waals surface area contributed by atoms with Crippen molar-refractivity contribution in [3.63, 3.8) is 0 Å². The summed E-state index contributed by atoms with van der Waals surface area (Å²) in [6.07, 6.45) is 2.07. The molecule has 25 heavy (non-hydrogen) atoms. The van der Waals surface area contributed by atoms with Crippen LogP contribution in [0.5, 0.6) is 0 Å². The van der Waals surface area contributed by atoms with E-state index in [-0.39, 0.29) is 18.3 Å². The molecule has 1 aliphatic rings. The summed E-state index contributed by atoms with van der Waals surface area (Å²) in [5, 5.41) is 6.43. The molecule has 0 fully saturated rings. The Morgan fingerprint density at radius 1 is 1.08 bits per heavy atom. The van der Waals surface area contributed by atoms with E-state index < -0.39 is 0 Å². The second kappa shape index (κ2) is 9.20. The number of hydrogen-bond donors (Lipinski definition) is 3. The first-order valence-electron chi connectivity index (χ1n) is 8.27. The van der Waals surface area contributed by atoms with Crippen molar-refractivity contribution in [1.82, 2.24) is 0 Å². The smallest absolute Gasteiger partial charge is 0.325 e. The summed E-state index contributed by atoms with van der Waals surface area (Å²) >= 11 is 0. The van der Waals surface area contributed by atoms with Crippen LogP contribution < -0.4 is 27.9 Å². The van der Waals surface area contributed by atoms with Gasteiger partial charge in [-0.25, -0.2) is 4.90 Å². The van der Waals surface area contributed by atoms with Crippen LogP contribution in [0.2, 0.25) is 0 Å². The van der Waals surface area contributed by atoms with Crippen molar-refractivity contribution >= 4 is 23.6 Å². The topological polar surface area (TPSA) is 48.6 Å². The third-order valence-electron chi connectivity index (χ3n) is 4.10. The number of carbonyl (C=O) groups excluding carboxylic acids is 1. The first kappa shape index (κ1) is 19.0. The molecule has 0 bridgehead atoms. The first-order chi connectivity index (χ1) is 11.7. The summed E-state index contributed by atoms with van der Waals surface area (Å²) < 4.78 is 2.12. The molecular weight excluding hydrogens is 336 g/mol. The van der Waals surface area contributed by atoms with Crippen LogP contribution in [0.1, 0.15) is 5.56 Å². The van der Waals surface area contributed by atoms with Crippen LogP contribution >= 0.6 is 0 Å². The fourth-order valence-corrected chi connectivity index (χ4v) is 2.83. The van der Waals surface area contributed by atoms with Gasteiger partial charge in [0.2, 0.25) is 0 Å². The Labute approximate surface area is 154 Å². The average Bonchev–Trinajstić information content (AvgIpc) is 3.00. The quantitative estimate of drug-likeness (QED) is 0.513. The second-order valence-corrected chi connectivity index (χ2v) is 6.13. The van der Waals surface area contributed by atoms with Crippen molar-refractivity contribution in [2.24, 2.45) is 0 Å². The lowest BCUT2D eigenvalue weighted by atomic mass is 10.2. The number of anilines is 2. The van der Waals surface area contributed by atoms with E-state index in [1.807, 2.05) is 49.5 Å². The minimum atomic E-state index is 0. The van der Waals surface area contributed by atoms with Crippen LogP contribution in [0.15, 0.2) is 54.6 Å². The van der Waals surface area contributed by atoms with Crippen molar-refractivity contribution in [3.8, 4) is 0 Å². The molecular formula is C19H24ClN4O+. The number of nitrogens with zero attached hydrogens (tertiary/aromatic N) is 1. The number of halogens is 1. The summed E-state index contributed by atoms with van der Waals surface area (Å²) in [7, 11) is 2.04. The molecule has 5 nitrogen and oxygen atoms in total. The number of benzene rings is 2. The molecule has 0 aromatic heterocycles. The van der Waals surface area contributed by atoms with Crippen LogP contribution in [0.3, 0.4) is 0 Å². The van der Waals surface area contributed by atoms with E-state index in [2.05, 4.69) is 33.7 Å². The fourth-order valence-electron chi connectivity index (χ4n) is 2.83. The van der Waals surface area contributed by atoms with E-state index in [9.17, 15) is 4.79 Å². The zero-order valence-corrected chi connectivity index (χ0v) is 15.1. The molecule has 0 saturated heterocycles. The van der Waals surface area contributed by atoms with Gasteiger partial charge in [-0.2, -0.15) is 4.58 Å².